The molecule has 0 saturated heterocycles. The van der Waals surface area contributed by atoms with Crippen molar-refractivity contribution in [1.29, 1.82) is 0 Å². The Bertz CT molecular complexity index is 208. The summed E-state index contributed by atoms with van der Waals surface area (Å²) in [6, 6.07) is 0. The lowest BCUT2D eigenvalue weighted by molar-refractivity contribution is 0.468. The molecular formula is C7H15NO2S. The number of unbranched alkanes of at least 4 members (excludes halogenated alkanes) is 1. The summed E-state index contributed by atoms with van der Waals surface area (Å²) in [5.41, 5.74) is 0. The second-order valence-electron chi connectivity index (χ2n) is 2.52. The molecule has 0 N–H and O–H groups in total. The molecule has 66 valence electrons. The van der Waals surface area contributed by atoms with E-state index >= 15 is 0 Å². The second-order valence-corrected chi connectivity index (χ2v) is 4.60. The minimum atomic E-state index is -2.98. The highest BCUT2D eigenvalue weighted by atomic mass is 32.2. The van der Waals surface area contributed by atoms with E-state index in [0.717, 1.165) is 12.8 Å². The van der Waals surface area contributed by atoms with Gasteiger partial charge in [0.25, 0.3) is 0 Å². The summed E-state index contributed by atoms with van der Waals surface area (Å²) in [7, 11) is -1.40. The van der Waals surface area contributed by atoms with E-state index in [-0.39, 0.29) is 0 Å². The fourth-order valence-electron chi connectivity index (χ4n) is 0.624. The predicted octanol–water partition coefficient (Wildman–Crippen LogP) is 0.844. The fraction of sp³-hybridized carbons (Fsp3) is 0.714. The molecule has 0 saturated carbocycles. The molecule has 0 rings (SSSR count). The maximum atomic E-state index is 10.8. The molecule has 0 aromatic heterocycles. The Kier molecular flexibility index (Phi) is 4.37. The molecule has 0 radical (unpaired) electrons. The van der Waals surface area contributed by atoms with Gasteiger partial charge in [-0.2, -0.15) is 0 Å². The SMILES string of the molecule is C=CCCCN(C)S(C)(=O)=O. The summed E-state index contributed by atoms with van der Waals surface area (Å²) in [6.45, 7) is 4.13. The van der Waals surface area contributed by atoms with Gasteiger partial charge in [0.2, 0.25) is 10.0 Å². The van der Waals surface area contributed by atoms with E-state index in [2.05, 4.69) is 6.58 Å². The van der Waals surface area contributed by atoms with Crippen LogP contribution in [0.2, 0.25) is 0 Å². The fourth-order valence-corrected chi connectivity index (χ4v) is 1.08. The molecule has 0 bridgehead atoms. The number of allylic oxidation sites excluding steroid dienone is 1. The van der Waals surface area contributed by atoms with Gasteiger partial charge in [-0.3, -0.25) is 0 Å². The van der Waals surface area contributed by atoms with Gasteiger partial charge < -0.3 is 0 Å². The molecule has 0 aliphatic carbocycles. The van der Waals surface area contributed by atoms with Crippen molar-refractivity contribution < 1.29 is 8.42 Å². The van der Waals surface area contributed by atoms with E-state index in [1.807, 2.05) is 0 Å². The van der Waals surface area contributed by atoms with E-state index in [9.17, 15) is 8.42 Å². The van der Waals surface area contributed by atoms with Crippen molar-refractivity contribution in [2.24, 2.45) is 0 Å². The Morgan fingerprint density at radius 1 is 1.55 bits per heavy atom. The average molecular weight is 177 g/mol. The third kappa shape index (κ3) is 4.98. The quantitative estimate of drug-likeness (QED) is 0.461. The van der Waals surface area contributed by atoms with E-state index in [1.54, 1.807) is 13.1 Å². The Morgan fingerprint density at radius 2 is 2.09 bits per heavy atom. The summed E-state index contributed by atoms with van der Waals surface area (Å²) >= 11 is 0. The summed E-state index contributed by atoms with van der Waals surface area (Å²) < 4.78 is 23.0. The lowest BCUT2D eigenvalue weighted by Crippen LogP contribution is -2.26. The van der Waals surface area contributed by atoms with Crippen LogP contribution in [0, 0.1) is 0 Å². The number of hydrogen-bond donors (Lipinski definition) is 0. The number of rotatable bonds is 5. The monoisotopic (exact) mass is 177 g/mol. The Balaban J connectivity index is 3.70. The van der Waals surface area contributed by atoms with Crippen LogP contribution in [0.15, 0.2) is 12.7 Å². The first-order valence-electron chi connectivity index (χ1n) is 3.50. The van der Waals surface area contributed by atoms with Gasteiger partial charge in [-0.15, -0.1) is 6.58 Å². The largest absolute Gasteiger partial charge is 0.213 e. The third-order valence-electron chi connectivity index (χ3n) is 1.45. The zero-order valence-corrected chi connectivity index (χ0v) is 7.89. The van der Waals surface area contributed by atoms with Gasteiger partial charge in [0.05, 0.1) is 6.26 Å². The number of hydrogen-bond acceptors (Lipinski definition) is 2. The highest BCUT2D eigenvalue weighted by Crippen LogP contribution is 1.97. The molecule has 0 heterocycles. The molecule has 0 atom stereocenters. The van der Waals surface area contributed by atoms with Crippen molar-refractivity contribution in [3.63, 3.8) is 0 Å². The Hall–Kier alpha value is -0.350. The zero-order valence-electron chi connectivity index (χ0n) is 7.08. The van der Waals surface area contributed by atoms with Crippen molar-refractivity contribution in [1.82, 2.24) is 4.31 Å². The summed E-state index contributed by atoms with van der Waals surface area (Å²) in [5, 5.41) is 0. The molecule has 4 heteroatoms. The van der Waals surface area contributed by atoms with Gasteiger partial charge in [-0.25, -0.2) is 12.7 Å². The van der Waals surface area contributed by atoms with Gasteiger partial charge in [-0.1, -0.05) is 6.08 Å². The van der Waals surface area contributed by atoms with Crippen LogP contribution in [-0.4, -0.2) is 32.6 Å². The van der Waals surface area contributed by atoms with Crippen LogP contribution in [0.25, 0.3) is 0 Å². The molecule has 0 aromatic carbocycles. The first kappa shape index (κ1) is 10.7. The Labute approximate surface area is 68.8 Å². The maximum absolute atomic E-state index is 10.8. The number of sulfonamides is 1. The molecule has 0 aromatic rings. The molecule has 0 amide bonds. The second kappa shape index (κ2) is 4.51. The van der Waals surface area contributed by atoms with Crippen molar-refractivity contribution in [3.8, 4) is 0 Å². The summed E-state index contributed by atoms with van der Waals surface area (Å²) in [5.74, 6) is 0. The van der Waals surface area contributed by atoms with Crippen LogP contribution in [0.3, 0.4) is 0 Å². The van der Waals surface area contributed by atoms with Crippen molar-refractivity contribution in [2.75, 3.05) is 19.8 Å². The molecular weight excluding hydrogens is 162 g/mol. The summed E-state index contributed by atoms with van der Waals surface area (Å²) in [4.78, 5) is 0. The summed E-state index contributed by atoms with van der Waals surface area (Å²) in [6.07, 6.45) is 4.70. The van der Waals surface area contributed by atoms with Gasteiger partial charge in [0.15, 0.2) is 0 Å². The highest BCUT2D eigenvalue weighted by molar-refractivity contribution is 7.88. The molecule has 0 fully saturated rings. The van der Waals surface area contributed by atoms with Crippen molar-refractivity contribution in [3.05, 3.63) is 12.7 Å². The smallest absolute Gasteiger partial charge is 0.210 e. The topological polar surface area (TPSA) is 37.4 Å². The lowest BCUT2D eigenvalue weighted by atomic mass is 10.3. The third-order valence-corrected chi connectivity index (χ3v) is 2.76. The molecule has 0 aliphatic rings. The molecule has 3 nitrogen and oxygen atoms in total. The average Bonchev–Trinajstić information content (AvgIpc) is 1.86. The minimum Gasteiger partial charge on any atom is -0.213 e. The van der Waals surface area contributed by atoms with E-state index in [4.69, 9.17) is 0 Å². The first-order chi connectivity index (χ1) is 4.98. The molecule has 0 spiro atoms. The molecule has 0 aliphatic heterocycles. The van der Waals surface area contributed by atoms with Crippen LogP contribution in [0.1, 0.15) is 12.8 Å². The zero-order chi connectivity index (χ0) is 8.91. The van der Waals surface area contributed by atoms with Crippen molar-refractivity contribution >= 4 is 10.0 Å². The first-order valence-corrected chi connectivity index (χ1v) is 5.35. The van der Waals surface area contributed by atoms with Crippen LogP contribution in [0.5, 0.6) is 0 Å². The van der Waals surface area contributed by atoms with Crippen LogP contribution in [-0.2, 0) is 10.0 Å². The maximum Gasteiger partial charge on any atom is 0.210 e. The van der Waals surface area contributed by atoms with Gasteiger partial charge in [0, 0.05) is 13.6 Å². The van der Waals surface area contributed by atoms with Gasteiger partial charge in [0.1, 0.15) is 0 Å². The minimum absolute atomic E-state index is 0.574. The van der Waals surface area contributed by atoms with Crippen LogP contribution < -0.4 is 0 Å². The van der Waals surface area contributed by atoms with E-state index < -0.39 is 10.0 Å². The van der Waals surface area contributed by atoms with E-state index in [1.165, 1.54) is 10.6 Å². The van der Waals surface area contributed by atoms with E-state index in [0.29, 0.717) is 6.54 Å². The lowest BCUT2D eigenvalue weighted by Gasteiger charge is -2.12. The predicted molar refractivity (Wildman–Crippen MR) is 46.9 cm³/mol. The molecule has 0 unspecified atom stereocenters. The number of nitrogens with zero attached hydrogens (tertiary/aromatic N) is 1. The standard InChI is InChI=1S/C7H15NO2S/c1-4-5-6-7-8(2)11(3,9)10/h4H,1,5-7H2,2-3H3. The van der Waals surface area contributed by atoms with Gasteiger partial charge in [-0.05, 0) is 12.8 Å². The van der Waals surface area contributed by atoms with Gasteiger partial charge >= 0.3 is 0 Å². The highest BCUT2D eigenvalue weighted by Gasteiger charge is 2.08. The Morgan fingerprint density at radius 3 is 2.45 bits per heavy atom. The van der Waals surface area contributed by atoms with Crippen molar-refractivity contribution in [2.45, 2.75) is 12.8 Å². The normalized spacial score (nSPS) is 11.9. The van der Waals surface area contributed by atoms with Crippen LogP contribution >= 0.6 is 0 Å². The molecule has 11 heavy (non-hydrogen) atoms. The van der Waals surface area contributed by atoms with Crippen LogP contribution in [0.4, 0.5) is 0 Å².